The van der Waals surface area contributed by atoms with Gasteiger partial charge in [-0.1, -0.05) is 24.3 Å². The fraction of sp³-hybridized carbons (Fsp3) is 0.250. The Kier molecular flexibility index (Phi) is 6.13. The van der Waals surface area contributed by atoms with E-state index in [0.29, 0.717) is 17.5 Å². The van der Waals surface area contributed by atoms with E-state index in [2.05, 4.69) is 10.3 Å². The molecule has 140 valence electrons. The Balaban J connectivity index is 1.39. The topological polar surface area (TPSA) is 68.3 Å². The molecule has 1 amide bonds. The first-order valence-electron chi connectivity index (χ1n) is 8.53. The number of thiazole rings is 1. The molecule has 0 atom stereocenters. The van der Waals surface area contributed by atoms with Crippen molar-refractivity contribution in [3.05, 3.63) is 64.4 Å². The van der Waals surface area contributed by atoms with Gasteiger partial charge in [-0.3, -0.25) is 9.59 Å². The number of aryl methyl sites for hydroxylation is 2. The second kappa shape index (κ2) is 8.73. The maximum absolute atomic E-state index is 13.5. The van der Waals surface area contributed by atoms with E-state index in [1.165, 1.54) is 6.07 Å². The predicted octanol–water partition coefficient (Wildman–Crippen LogP) is 3.54. The Bertz CT molecular complexity index is 938. The second-order valence-electron chi connectivity index (χ2n) is 6.10. The zero-order valence-corrected chi connectivity index (χ0v) is 15.6. The molecule has 0 spiro atoms. The number of hydrogen-bond acceptors (Lipinski definition) is 5. The molecule has 1 heterocycles. The number of para-hydroxylation sites is 1. The molecule has 7 heteroatoms. The monoisotopic (exact) mass is 386 g/mol. The van der Waals surface area contributed by atoms with Crippen molar-refractivity contribution in [1.82, 2.24) is 10.3 Å². The average molecular weight is 386 g/mol. The van der Waals surface area contributed by atoms with Crippen LogP contribution in [0.1, 0.15) is 22.6 Å². The van der Waals surface area contributed by atoms with Crippen LogP contribution in [0.25, 0.3) is 10.2 Å². The maximum atomic E-state index is 13.5. The van der Waals surface area contributed by atoms with Gasteiger partial charge in [0.15, 0.2) is 6.61 Å². The van der Waals surface area contributed by atoms with Gasteiger partial charge in [0, 0.05) is 13.0 Å². The van der Waals surface area contributed by atoms with Crippen molar-refractivity contribution >= 4 is 33.4 Å². The van der Waals surface area contributed by atoms with Crippen LogP contribution in [0.15, 0.2) is 42.5 Å². The number of carbonyl (C=O) groups is 2. The van der Waals surface area contributed by atoms with Gasteiger partial charge in [-0.2, -0.15) is 0 Å². The number of aromatic nitrogens is 1. The molecule has 1 aromatic heterocycles. The van der Waals surface area contributed by atoms with Gasteiger partial charge in [-0.25, -0.2) is 9.37 Å². The summed E-state index contributed by atoms with van der Waals surface area (Å²) in [6.45, 7) is 1.50. The SMILES string of the molecule is Cc1ccc(CNC(=O)COC(=O)CCc2nc3ccccc3s2)cc1F. The van der Waals surface area contributed by atoms with Crippen LogP contribution in [0.3, 0.4) is 0 Å². The summed E-state index contributed by atoms with van der Waals surface area (Å²) < 4.78 is 19.5. The number of carbonyl (C=O) groups excluding carboxylic acids is 2. The second-order valence-corrected chi connectivity index (χ2v) is 7.21. The number of hydrogen-bond donors (Lipinski definition) is 1. The molecule has 0 aliphatic carbocycles. The quantitative estimate of drug-likeness (QED) is 0.631. The molecule has 0 unspecified atom stereocenters. The fourth-order valence-electron chi connectivity index (χ4n) is 2.45. The Morgan fingerprint density at radius 2 is 2.04 bits per heavy atom. The molecule has 0 saturated heterocycles. The Labute approximate surface area is 160 Å². The van der Waals surface area contributed by atoms with Gasteiger partial charge >= 0.3 is 5.97 Å². The molecule has 3 aromatic rings. The number of rotatable bonds is 7. The number of fused-ring (bicyclic) bond motifs is 1. The highest BCUT2D eigenvalue weighted by Crippen LogP contribution is 2.22. The molecular formula is C20H19FN2O3S. The molecule has 3 rings (SSSR count). The molecule has 5 nitrogen and oxygen atoms in total. The number of halogens is 1. The molecule has 27 heavy (non-hydrogen) atoms. The van der Waals surface area contributed by atoms with Crippen LogP contribution in [-0.2, 0) is 27.3 Å². The van der Waals surface area contributed by atoms with Crippen molar-refractivity contribution in [3.8, 4) is 0 Å². The van der Waals surface area contributed by atoms with Gasteiger partial charge < -0.3 is 10.1 Å². The summed E-state index contributed by atoms with van der Waals surface area (Å²) in [6.07, 6.45) is 0.638. The van der Waals surface area contributed by atoms with Crippen molar-refractivity contribution in [2.24, 2.45) is 0 Å². The fourth-order valence-corrected chi connectivity index (χ4v) is 3.42. The smallest absolute Gasteiger partial charge is 0.306 e. The van der Waals surface area contributed by atoms with Gasteiger partial charge in [0.25, 0.3) is 5.91 Å². The van der Waals surface area contributed by atoms with E-state index in [1.54, 1.807) is 30.4 Å². The zero-order chi connectivity index (χ0) is 19.2. The highest BCUT2D eigenvalue weighted by molar-refractivity contribution is 7.18. The van der Waals surface area contributed by atoms with Crippen LogP contribution < -0.4 is 5.32 Å². The molecule has 2 aromatic carbocycles. The molecular weight excluding hydrogens is 367 g/mol. The van der Waals surface area contributed by atoms with E-state index in [1.807, 2.05) is 24.3 Å². The van der Waals surface area contributed by atoms with Gasteiger partial charge in [0.05, 0.1) is 21.6 Å². The van der Waals surface area contributed by atoms with E-state index in [-0.39, 0.29) is 25.4 Å². The highest BCUT2D eigenvalue weighted by atomic mass is 32.1. The molecule has 0 bridgehead atoms. The lowest BCUT2D eigenvalue weighted by atomic mass is 10.1. The van der Waals surface area contributed by atoms with Crippen LogP contribution >= 0.6 is 11.3 Å². The van der Waals surface area contributed by atoms with Gasteiger partial charge in [0.1, 0.15) is 5.82 Å². The molecule has 0 aliphatic heterocycles. The minimum Gasteiger partial charge on any atom is -0.456 e. The molecule has 0 radical (unpaired) electrons. The molecule has 0 fully saturated rings. The summed E-state index contributed by atoms with van der Waals surface area (Å²) >= 11 is 1.54. The van der Waals surface area contributed by atoms with Gasteiger partial charge in [0.2, 0.25) is 0 Å². The molecule has 0 saturated carbocycles. The predicted molar refractivity (Wildman–Crippen MR) is 102 cm³/mol. The Hall–Kier alpha value is -2.80. The van der Waals surface area contributed by atoms with E-state index in [4.69, 9.17) is 4.74 Å². The number of esters is 1. The van der Waals surface area contributed by atoms with Crippen molar-refractivity contribution in [1.29, 1.82) is 0 Å². The zero-order valence-electron chi connectivity index (χ0n) is 14.8. The minimum absolute atomic E-state index is 0.163. The third kappa shape index (κ3) is 5.34. The van der Waals surface area contributed by atoms with Crippen molar-refractivity contribution in [2.75, 3.05) is 6.61 Å². The third-order valence-corrected chi connectivity index (χ3v) is 5.07. The summed E-state index contributed by atoms with van der Waals surface area (Å²) in [5, 5.41) is 3.46. The number of ether oxygens (including phenoxy) is 1. The summed E-state index contributed by atoms with van der Waals surface area (Å²) in [6, 6.07) is 12.5. The molecule has 0 aliphatic rings. The van der Waals surface area contributed by atoms with Crippen molar-refractivity contribution in [2.45, 2.75) is 26.3 Å². The van der Waals surface area contributed by atoms with Crippen molar-refractivity contribution < 1.29 is 18.7 Å². The van der Waals surface area contributed by atoms with Crippen molar-refractivity contribution in [3.63, 3.8) is 0 Å². The highest BCUT2D eigenvalue weighted by Gasteiger charge is 2.10. The largest absolute Gasteiger partial charge is 0.456 e. The summed E-state index contributed by atoms with van der Waals surface area (Å²) in [7, 11) is 0. The minimum atomic E-state index is -0.453. The lowest BCUT2D eigenvalue weighted by molar-refractivity contribution is -0.148. The number of nitrogens with one attached hydrogen (secondary N) is 1. The van der Waals surface area contributed by atoms with E-state index in [0.717, 1.165) is 15.2 Å². The maximum Gasteiger partial charge on any atom is 0.306 e. The lowest BCUT2D eigenvalue weighted by Crippen LogP contribution is -2.28. The number of nitrogens with zero attached hydrogens (tertiary/aromatic N) is 1. The Morgan fingerprint density at radius 1 is 1.22 bits per heavy atom. The van der Waals surface area contributed by atoms with Crippen LogP contribution in [0, 0.1) is 12.7 Å². The van der Waals surface area contributed by atoms with E-state index in [9.17, 15) is 14.0 Å². The first kappa shape index (κ1) is 19.0. The van der Waals surface area contributed by atoms with Crippen LogP contribution in [-0.4, -0.2) is 23.5 Å². The summed E-state index contributed by atoms with van der Waals surface area (Å²) in [5.41, 5.74) is 2.11. The normalized spacial score (nSPS) is 10.7. The first-order valence-corrected chi connectivity index (χ1v) is 9.35. The number of amides is 1. The first-order chi connectivity index (χ1) is 13.0. The average Bonchev–Trinajstić information content (AvgIpc) is 3.08. The van der Waals surface area contributed by atoms with E-state index < -0.39 is 11.9 Å². The van der Waals surface area contributed by atoms with Crippen LogP contribution in [0.5, 0.6) is 0 Å². The lowest BCUT2D eigenvalue weighted by Gasteiger charge is -2.07. The standard InChI is InChI=1S/C20H19FN2O3S/c1-13-6-7-14(10-15(13)21)11-22-18(24)12-26-20(25)9-8-19-23-16-4-2-3-5-17(16)27-19/h2-7,10H,8-9,11-12H2,1H3,(H,22,24). The number of benzene rings is 2. The van der Waals surface area contributed by atoms with Crippen LogP contribution in [0.2, 0.25) is 0 Å². The van der Waals surface area contributed by atoms with Crippen LogP contribution in [0.4, 0.5) is 4.39 Å². The van der Waals surface area contributed by atoms with Gasteiger partial charge in [-0.15, -0.1) is 11.3 Å². The van der Waals surface area contributed by atoms with E-state index >= 15 is 0 Å². The summed E-state index contributed by atoms with van der Waals surface area (Å²) in [5.74, 6) is -1.20. The Morgan fingerprint density at radius 3 is 2.81 bits per heavy atom. The summed E-state index contributed by atoms with van der Waals surface area (Å²) in [4.78, 5) is 28.0. The van der Waals surface area contributed by atoms with Gasteiger partial charge in [-0.05, 0) is 36.2 Å². The third-order valence-electron chi connectivity index (χ3n) is 3.97. The molecule has 1 N–H and O–H groups in total.